The van der Waals surface area contributed by atoms with E-state index < -0.39 is 35.0 Å². The van der Waals surface area contributed by atoms with Gasteiger partial charge in [0.05, 0.1) is 0 Å². The second-order valence-electron chi connectivity index (χ2n) is 7.06. The summed E-state index contributed by atoms with van der Waals surface area (Å²) in [5, 5.41) is 12.9. The molecule has 9 heteroatoms. The lowest BCUT2D eigenvalue weighted by Crippen LogP contribution is -2.37. The predicted octanol–water partition coefficient (Wildman–Crippen LogP) is 1.65. The van der Waals surface area contributed by atoms with Gasteiger partial charge in [-0.3, -0.25) is 0 Å². The Hall–Kier alpha value is -2.32. The molecule has 0 amide bonds. The highest BCUT2D eigenvalue weighted by atomic mass is 16.6. The van der Waals surface area contributed by atoms with Crippen LogP contribution in [0.3, 0.4) is 0 Å². The summed E-state index contributed by atoms with van der Waals surface area (Å²) in [6, 6.07) is -1.51. The number of nitrogens with zero attached hydrogens (tertiary/aromatic N) is 3. The Morgan fingerprint density at radius 2 is 1.65 bits per heavy atom. The zero-order chi connectivity index (χ0) is 18.2. The molecule has 0 saturated heterocycles. The maximum Gasteiger partial charge on any atom is 0.440 e. The molecule has 0 fully saturated rings. The van der Waals surface area contributed by atoms with E-state index in [1.807, 2.05) is 0 Å². The minimum atomic E-state index is -1.26. The van der Waals surface area contributed by atoms with Crippen molar-refractivity contribution in [1.82, 2.24) is 14.3 Å². The highest BCUT2D eigenvalue weighted by Gasteiger charge is 2.30. The second-order valence-corrected chi connectivity index (χ2v) is 7.06. The summed E-state index contributed by atoms with van der Waals surface area (Å²) in [6.45, 7) is 11.3. The Morgan fingerprint density at radius 1 is 1.13 bits per heavy atom. The Balaban J connectivity index is 3.41. The van der Waals surface area contributed by atoms with Crippen molar-refractivity contribution >= 4 is 12.1 Å². The zero-order valence-electron chi connectivity index (χ0n) is 14.4. The molecule has 0 aliphatic heterocycles. The number of rotatable bonds is 3. The largest absolute Gasteiger partial charge is 0.480 e. The van der Waals surface area contributed by atoms with Crippen molar-refractivity contribution in [3.8, 4) is 6.01 Å². The fraction of sp³-hybridized carbons (Fsp3) is 0.714. The van der Waals surface area contributed by atoms with Crippen LogP contribution in [0, 0.1) is 0 Å². The molecule has 0 saturated carbocycles. The molecule has 1 rings (SSSR count). The van der Waals surface area contributed by atoms with Crippen molar-refractivity contribution < 1.29 is 24.2 Å². The third-order valence-corrected chi connectivity index (χ3v) is 2.49. The van der Waals surface area contributed by atoms with E-state index in [1.54, 1.807) is 41.5 Å². The van der Waals surface area contributed by atoms with Crippen LogP contribution in [0.1, 0.15) is 54.5 Å². The number of aliphatic carboxylic acids is 1. The van der Waals surface area contributed by atoms with Crippen molar-refractivity contribution in [2.45, 2.75) is 65.7 Å². The molecule has 1 aromatic rings. The van der Waals surface area contributed by atoms with Crippen molar-refractivity contribution in [3.63, 3.8) is 0 Å². The Morgan fingerprint density at radius 3 is 2.04 bits per heavy atom. The molecule has 23 heavy (non-hydrogen) atoms. The van der Waals surface area contributed by atoms with Gasteiger partial charge in [-0.25, -0.2) is 19.0 Å². The van der Waals surface area contributed by atoms with Gasteiger partial charge in [0.1, 0.15) is 17.2 Å². The number of carbonyl (C=O) groups is 2. The molecule has 1 heterocycles. The molecule has 0 aromatic carbocycles. The van der Waals surface area contributed by atoms with Crippen LogP contribution in [-0.2, 0) is 9.53 Å². The molecule has 0 aliphatic carbocycles. The smallest absolute Gasteiger partial charge is 0.440 e. The molecule has 0 unspecified atom stereocenters. The van der Waals surface area contributed by atoms with E-state index in [2.05, 4.69) is 5.10 Å². The lowest BCUT2D eigenvalue weighted by molar-refractivity contribution is -0.140. The van der Waals surface area contributed by atoms with Gasteiger partial charge in [0.2, 0.25) is 0 Å². The SMILES string of the molecule is C[C@@H](C(=O)O)n1c(OC(C)(C)C)nn(C(=O)OC(C)(C)C)c1=O. The number of carbonyl (C=O) groups excluding carboxylic acids is 1. The summed E-state index contributed by atoms with van der Waals surface area (Å²) in [6.07, 6.45) is -1.00. The second kappa shape index (κ2) is 6.05. The molecule has 0 aliphatic rings. The molecule has 130 valence electrons. The average molecular weight is 329 g/mol. The summed E-state index contributed by atoms with van der Waals surface area (Å²) in [4.78, 5) is 35.6. The molecule has 0 spiro atoms. The quantitative estimate of drug-likeness (QED) is 0.897. The number of ether oxygens (including phenoxy) is 2. The zero-order valence-corrected chi connectivity index (χ0v) is 14.4. The van der Waals surface area contributed by atoms with Crippen LogP contribution in [-0.4, -0.2) is 42.7 Å². The fourth-order valence-electron chi connectivity index (χ4n) is 1.57. The first-order chi connectivity index (χ1) is 10.2. The van der Waals surface area contributed by atoms with Gasteiger partial charge in [-0.15, -0.1) is 9.78 Å². The highest BCUT2D eigenvalue weighted by molar-refractivity contribution is 5.72. The van der Waals surface area contributed by atoms with Crippen LogP contribution in [0.2, 0.25) is 0 Å². The summed E-state index contributed by atoms with van der Waals surface area (Å²) < 4.78 is 11.9. The topological polar surface area (TPSA) is 113 Å². The standard InChI is InChI=1S/C14H23N3O6/c1-8(9(18)19)16-10(22-13(2,3)4)15-17(11(16)20)12(21)23-14(5,6)7/h8H,1-7H3,(H,18,19)/t8-/m0/s1. The minimum absolute atomic E-state index is 0.261. The van der Waals surface area contributed by atoms with E-state index in [0.717, 1.165) is 4.57 Å². The van der Waals surface area contributed by atoms with Gasteiger partial charge in [-0.1, -0.05) is 0 Å². The lowest BCUT2D eigenvalue weighted by Gasteiger charge is -2.21. The van der Waals surface area contributed by atoms with Crippen molar-refractivity contribution in [2.24, 2.45) is 0 Å². The molecule has 9 nitrogen and oxygen atoms in total. The van der Waals surface area contributed by atoms with Gasteiger partial charge in [-0.05, 0) is 48.5 Å². The molecular formula is C14H23N3O6. The van der Waals surface area contributed by atoms with Gasteiger partial charge in [-0.2, -0.15) is 0 Å². The van der Waals surface area contributed by atoms with Crippen LogP contribution in [0.4, 0.5) is 4.79 Å². The maximum atomic E-state index is 12.4. The van der Waals surface area contributed by atoms with Crippen LogP contribution >= 0.6 is 0 Å². The van der Waals surface area contributed by atoms with Crippen LogP contribution in [0.25, 0.3) is 0 Å². The number of hydrogen-bond donors (Lipinski definition) is 1. The summed E-state index contributed by atoms with van der Waals surface area (Å²) in [5.74, 6) is -1.26. The first-order valence-electron chi connectivity index (χ1n) is 7.09. The van der Waals surface area contributed by atoms with Crippen molar-refractivity contribution in [2.75, 3.05) is 0 Å². The van der Waals surface area contributed by atoms with Crippen molar-refractivity contribution in [3.05, 3.63) is 10.5 Å². The third kappa shape index (κ3) is 4.83. The van der Waals surface area contributed by atoms with E-state index in [1.165, 1.54) is 6.92 Å². The Kier molecular flexibility index (Phi) is 4.93. The molecule has 1 aromatic heterocycles. The van der Waals surface area contributed by atoms with E-state index in [-0.39, 0.29) is 6.01 Å². The average Bonchev–Trinajstić information content (AvgIpc) is 2.60. The van der Waals surface area contributed by atoms with Gasteiger partial charge < -0.3 is 14.6 Å². The molecule has 0 bridgehead atoms. The van der Waals surface area contributed by atoms with Gasteiger partial charge in [0.25, 0.3) is 0 Å². The van der Waals surface area contributed by atoms with E-state index in [9.17, 15) is 14.4 Å². The van der Waals surface area contributed by atoms with E-state index >= 15 is 0 Å². The predicted molar refractivity (Wildman–Crippen MR) is 80.8 cm³/mol. The van der Waals surface area contributed by atoms with Crippen LogP contribution in [0.15, 0.2) is 4.79 Å². The minimum Gasteiger partial charge on any atom is -0.480 e. The molecular weight excluding hydrogens is 306 g/mol. The molecule has 1 N–H and O–H groups in total. The van der Waals surface area contributed by atoms with Gasteiger partial charge in [0, 0.05) is 0 Å². The Bertz CT molecular complexity index is 660. The van der Waals surface area contributed by atoms with Crippen molar-refractivity contribution in [1.29, 1.82) is 0 Å². The third-order valence-electron chi connectivity index (χ3n) is 2.49. The molecule has 1 atom stereocenters. The first-order valence-corrected chi connectivity index (χ1v) is 7.09. The lowest BCUT2D eigenvalue weighted by atomic mass is 10.2. The normalized spacial score (nSPS) is 13.5. The molecule has 0 radical (unpaired) electrons. The summed E-state index contributed by atoms with van der Waals surface area (Å²) >= 11 is 0. The first kappa shape index (κ1) is 18.7. The van der Waals surface area contributed by atoms with Crippen LogP contribution in [0.5, 0.6) is 6.01 Å². The number of aromatic nitrogens is 3. The van der Waals surface area contributed by atoms with Gasteiger partial charge >= 0.3 is 23.8 Å². The monoisotopic (exact) mass is 329 g/mol. The number of carboxylic acids is 1. The summed E-state index contributed by atoms with van der Waals surface area (Å²) in [5.41, 5.74) is -2.50. The highest BCUT2D eigenvalue weighted by Crippen LogP contribution is 2.19. The Labute approximate surface area is 133 Å². The summed E-state index contributed by atoms with van der Waals surface area (Å²) in [7, 11) is 0. The fourth-order valence-corrected chi connectivity index (χ4v) is 1.57. The number of carboxylic acid groups (broad SMARTS) is 1. The van der Waals surface area contributed by atoms with E-state index in [0.29, 0.717) is 4.68 Å². The number of hydrogen-bond acceptors (Lipinski definition) is 6. The van der Waals surface area contributed by atoms with Gasteiger partial charge in [0.15, 0.2) is 0 Å². The van der Waals surface area contributed by atoms with E-state index in [4.69, 9.17) is 14.6 Å². The maximum absolute atomic E-state index is 12.4. The van der Waals surface area contributed by atoms with Crippen LogP contribution < -0.4 is 10.4 Å².